The van der Waals surface area contributed by atoms with Crippen molar-refractivity contribution in [2.24, 2.45) is 0 Å². The largest absolute Gasteiger partial charge is 0.347 e. The standard InChI is InChI=1S/C9H16N4OS/c1-5-7-10-11-9(15)13(7)6(2)8(14)12(3)4/h6H,5H2,1-4H3,(H,11,15). The van der Waals surface area contributed by atoms with Gasteiger partial charge in [0.05, 0.1) is 0 Å². The number of likely N-dealkylation sites (N-methyl/N-ethyl adjacent to an activating group) is 1. The van der Waals surface area contributed by atoms with Crippen molar-refractivity contribution in [1.82, 2.24) is 19.7 Å². The molecule has 1 amide bonds. The number of carbonyl (C=O) groups excluding carboxylic acids is 1. The molecule has 0 saturated heterocycles. The zero-order valence-electron chi connectivity index (χ0n) is 9.44. The van der Waals surface area contributed by atoms with Crippen LogP contribution in [0.5, 0.6) is 0 Å². The van der Waals surface area contributed by atoms with Gasteiger partial charge in [0.1, 0.15) is 11.9 Å². The van der Waals surface area contributed by atoms with E-state index in [0.29, 0.717) is 4.77 Å². The predicted molar refractivity (Wildman–Crippen MR) is 60.2 cm³/mol. The summed E-state index contributed by atoms with van der Waals surface area (Å²) in [6.45, 7) is 3.81. The van der Waals surface area contributed by atoms with Gasteiger partial charge in [0.2, 0.25) is 5.91 Å². The predicted octanol–water partition coefficient (Wildman–Crippen LogP) is 1.15. The van der Waals surface area contributed by atoms with E-state index in [1.165, 1.54) is 0 Å². The van der Waals surface area contributed by atoms with Gasteiger partial charge >= 0.3 is 0 Å². The first-order valence-electron chi connectivity index (χ1n) is 4.86. The Morgan fingerprint density at radius 2 is 2.27 bits per heavy atom. The Labute approximate surface area is 94.1 Å². The van der Waals surface area contributed by atoms with Crippen molar-refractivity contribution in [1.29, 1.82) is 0 Å². The van der Waals surface area contributed by atoms with E-state index in [0.717, 1.165) is 12.2 Å². The lowest BCUT2D eigenvalue weighted by Gasteiger charge is -2.18. The van der Waals surface area contributed by atoms with Gasteiger partial charge in [-0.2, -0.15) is 5.10 Å². The highest BCUT2D eigenvalue weighted by molar-refractivity contribution is 7.71. The van der Waals surface area contributed by atoms with Crippen LogP contribution in [-0.2, 0) is 11.2 Å². The number of aromatic nitrogens is 3. The van der Waals surface area contributed by atoms with Crippen LogP contribution in [-0.4, -0.2) is 39.7 Å². The number of amides is 1. The van der Waals surface area contributed by atoms with Crippen molar-refractivity contribution in [2.75, 3.05) is 14.1 Å². The van der Waals surface area contributed by atoms with E-state index in [9.17, 15) is 4.79 Å². The smallest absolute Gasteiger partial charge is 0.244 e. The molecule has 5 nitrogen and oxygen atoms in total. The topological polar surface area (TPSA) is 53.9 Å². The quantitative estimate of drug-likeness (QED) is 0.790. The van der Waals surface area contributed by atoms with E-state index in [4.69, 9.17) is 12.2 Å². The lowest BCUT2D eigenvalue weighted by Crippen LogP contribution is -2.30. The highest BCUT2D eigenvalue weighted by Gasteiger charge is 2.20. The molecule has 0 aliphatic rings. The number of hydrogen-bond acceptors (Lipinski definition) is 3. The molecule has 1 heterocycles. The first kappa shape index (κ1) is 11.9. The molecule has 0 spiro atoms. The van der Waals surface area contributed by atoms with Crippen molar-refractivity contribution in [3.8, 4) is 0 Å². The molecule has 1 atom stereocenters. The summed E-state index contributed by atoms with van der Waals surface area (Å²) in [6, 6.07) is -0.304. The minimum Gasteiger partial charge on any atom is -0.347 e. The Morgan fingerprint density at radius 1 is 1.67 bits per heavy atom. The Kier molecular flexibility index (Phi) is 3.62. The highest BCUT2D eigenvalue weighted by Crippen LogP contribution is 2.12. The van der Waals surface area contributed by atoms with Gasteiger partial charge in [0, 0.05) is 20.5 Å². The number of carbonyl (C=O) groups is 1. The van der Waals surface area contributed by atoms with Crippen molar-refractivity contribution in [3.63, 3.8) is 0 Å². The second-order valence-electron chi connectivity index (χ2n) is 3.58. The second-order valence-corrected chi connectivity index (χ2v) is 3.96. The van der Waals surface area contributed by atoms with Crippen molar-refractivity contribution in [2.45, 2.75) is 26.3 Å². The SMILES string of the molecule is CCc1n[nH]c(=S)n1C(C)C(=O)N(C)C. The summed E-state index contributed by atoms with van der Waals surface area (Å²) >= 11 is 5.10. The Morgan fingerprint density at radius 3 is 2.73 bits per heavy atom. The summed E-state index contributed by atoms with van der Waals surface area (Å²) in [6.07, 6.45) is 0.748. The molecule has 0 saturated carbocycles. The molecule has 0 radical (unpaired) electrons. The second kappa shape index (κ2) is 4.57. The highest BCUT2D eigenvalue weighted by atomic mass is 32.1. The average molecular weight is 228 g/mol. The van der Waals surface area contributed by atoms with Gasteiger partial charge in [-0.15, -0.1) is 0 Å². The Balaban J connectivity index is 3.10. The molecule has 0 aliphatic heterocycles. The maximum absolute atomic E-state index is 11.8. The van der Waals surface area contributed by atoms with Crippen LogP contribution in [0, 0.1) is 4.77 Å². The number of nitrogens with zero attached hydrogens (tertiary/aromatic N) is 3. The number of nitrogens with one attached hydrogen (secondary N) is 1. The van der Waals surface area contributed by atoms with Crippen LogP contribution < -0.4 is 0 Å². The molecule has 1 aromatic rings. The van der Waals surface area contributed by atoms with Crippen molar-refractivity contribution < 1.29 is 4.79 Å². The molecule has 15 heavy (non-hydrogen) atoms. The molecule has 1 N–H and O–H groups in total. The lowest BCUT2D eigenvalue weighted by molar-refractivity contribution is -0.131. The van der Waals surface area contributed by atoms with E-state index in [1.807, 2.05) is 13.8 Å². The lowest BCUT2D eigenvalue weighted by atomic mass is 10.3. The summed E-state index contributed by atoms with van der Waals surface area (Å²) in [4.78, 5) is 13.3. The monoisotopic (exact) mass is 228 g/mol. The number of aromatic amines is 1. The van der Waals surface area contributed by atoms with Crippen molar-refractivity contribution >= 4 is 18.1 Å². The molecular formula is C9H16N4OS. The fourth-order valence-electron chi connectivity index (χ4n) is 1.47. The van der Waals surface area contributed by atoms with E-state index in [2.05, 4.69) is 10.2 Å². The number of hydrogen-bond donors (Lipinski definition) is 1. The molecule has 0 aliphatic carbocycles. The van der Waals surface area contributed by atoms with Crippen LogP contribution in [0.15, 0.2) is 0 Å². The van der Waals surface area contributed by atoms with Gasteiger partial charge in [-0.05, 0) is 19.1 Å². The summed E-state index contributed by atoms with van der Waals surface area (Å²) < 4.78 is 2.26. The Hall–Kier alpha value is -1.17. The van der Waals surface area contributed by atoms with Gasteiger partial charge in [0.25, 0.3) is 0 Å². The number of H-pyrrole nitrogens is 1. The zero-order chi connectivity index (χ0) is 11.6. The molecule has 0 bridgehead atoms. The van der Waals surface area contributed by atoms with Crippen LogP contribution in [0.25, 0.3) is 0 Å². The zero-order valence-corrected chi connectivity index (χ0v) is 10.3. The van der Waals surface area contributed by atoms with E-state index in [1.54, 1.807) is 23.6 Å². The van der Waals surface area contributed by atoms with Gasteiger partial charge < -0.3 is 4.90 Å². The molecule has 1 rings (SSSR count). The third kappa shape index (κ3) is 2.26. The van der Waals surface area contributed by atoms with E-state index in [-0.39, 0.29) is 11.9 Å². The number of aryl methyl sites for hydroxylation is 1. The van der Waals surface area contributed by atoms with Gasteiger partial charge in [-0.1, -0.05) is 6.92 Å². The minimum absolute atomic E-state index is 0.0159. The average Bonchev–Trinajstić information content (AvgIpc) is 2.57. The molecular weight excluding hydrogens is 212 g/mol. The summed E-state index contributed by atoms with van der Waals surface area (Å²) in [5.41, 5.74) is 0. The molecule has 6 heteroatoms. The molecule has 1 aromatic heterocycles. The Bertz CT molecular complexity index is 406. The van der Waals surface area contributed by atoms with Crippen LogP contribution in [0.3, 0.4) is 0 Å². The van der Waals surface area contributed by atoms with Gasteiger partial charge in [0.15, 0.2) is 4.77 Å². The fourth-order valence-corrected chi connectivity index (χ4v) is 1.78. The molecule has 0 fully saturated rings. The molecule has 84 valence electrons. The first-order chi connectivity index (χ1) is 6.99. The fraction of sp³-hybridized carbons (Fsp3) is 0.667. The third-order valence-electron chi connectivity index (χ3n) is 2.28. The van der Waals surface area contributed by atoms with Crippen LogP contribution in [0.4, 0.5) is 0 Å². The van der Waals surface area contributed by atoms with E-state index >= 15 is 0 Å². The normalized spacial score (nSPS) is 12.5. The van der Waals surface area contributed by atoms with E-state index < -0.39 is 0 Å². The van der Waals surface area contributed by atoms with Crippen molar-refractivity contribution in [3.05, 3.63) is 10.6 Å². The van der Waals surface area contributed by atoms with Gasteiger partial charge in [-0.25, -0.2) is 0 Å². The van der Waals surface area contributed by atoms with Crippen LogP contribution in [0.1, 0.15) is 25.7 Å². The maximum atomic E-state index is 11.8. The van der Waals surface area contributed by atoms with Crippen LogP contribution >= 0.6 is 12.2 Å². The molecule has 0 aromatic carbocycles. The summed E-state index contributed by atoms with van der Waals surface area (Å²) in [5.74, 6) is 0.824. The van der Waals surface area contributed by atoms with Crippen LogP contribution in [0.2, 0.25) is 0 Å². The summed E-state index contributed by atoms with van der Waals surface area (Å²) in [7, 11) is 3.46. The number of rotatable bonds is 3. The van der Waals surface area contributed by atoms with Gasteiger partial charge in [-0.3, -0.25) is 14.5 Å². The molecule has 1 unspecified atom stereocenters. The third-order valence-corrected chi connectivity index (χ3v) is 2.57. The minimum atomic E-state index is -0.304. The summed E-state index contributed by atoms with van der Waals surface area (Å²) in [5, 5.41) is 6.78. The first-order valence-corrected chi connectivity index (χ1v) is 5.26. The maximum Gasteiger partial charge on any atom is 0.244 e.